The predicted molar refractivity (Wildman–Crippen MR) is 114 cm³/mol. The molecule has 0 aliphatic carbocycles. The molecule has 0 fully saturated rings. The average molecular weight is 362 g/mol. The van der Waals surface area contributed by atoms with Crippen molar-refractivity contribution in [3.8, 4) is 17.8 Å². The summed E-state index contributed by atoms with van der Waals surface area (Å²) in [6, 6.07) is 26.6. The number of nitriles is 2. The molecule has 1 heterocycles. The molecule has 28 heavy (non-hydrogen) atoms. The first-order chi connectivity index (χ1) is 13.6. The fraction of sp³-hybridized carbons (Fsp3) is 0.0833. The van der Waals surface area contributed by atoms with E-state index in [-0.39, 0.29) is 5.57 Å². The second kappa shape index (κ2) is 6.95. The fourth-order valence-corrected chi connectivity index (χ4v) is 3.51. The van der Waals surface area contributed by atoms with Crippen molar-refractivity contribution in [1.29, 1.82) is 10.5 Å². The summed E-state index contributed by atoms with van der Waals surface area (Å²) in [5.74, 6) is 0. The van der Waals surface area contributed by atoms with E-state index in [1.807, 2.05) is 56.6 Å². The summed E-state index contributed by atoms with van der Waals surface area (Å²) in [4.78, 5) is 2.08. The van der Waals surface area contributed by atoms with Crippen LogP contribution in [0.2, 0.25) is 0 Å². The molecule has 0 spiro atoms. The Balaban J connectivity index is 1.97. The zero-order chi connectivity index (χ0) is 19.7. The van der Waals surface area contributed by atoms with Crippen LogP contribution < -0.4 is 4.90 Å². The Hall–Kier alpha value is -4.02. The first-order valence-electron chi connectivity index (χ1n) is 8.95. The third-order valence-corrected chi connectivity index (χ3v) is 4.87. The molecule has 0 bridgehead atoms. The van der Waals surface area contributed by atoms with Crippen LogP contribution in [0.4, 0.5) is 5.69 Å². The number of para-hydroxylation sites is 1. The molecular formula is C24H18N4. The second-order valence-electron chi connectivity index (χ2n) is 6.82. The number of fused-ring (bicyclic) bond motifs is 3. The maximum Gasteiger partial charge on any atom is 0.130 e. The van der Waals surface area contributed by atoms with Crippen LogP contribution in [0.1, 0.15) is 5.56 Å². The molecule has 4 heteroatoms. The maximum atomic E-state index is 9.04. The Morgan fingerprint density at radius 2 is 1.54 bits per heavy atom. The highest BCUT2D eigenvalue weighted by Gasteiger charge is 2.12. The van der Waals surface area contributed by atoms with Gasteiger partial charge in [-0.15, -0.1) is 0 Å². The standard InChI is InChI=1S/C24H18N4/c1-27(2)19-8-10-20(11-9-19)28-23-6-4-3-5-21(23)22-14-17(7-12-24(22)28)13-18(15-25)16-26/h3-14H,1-2H3. The van der Waals surface area contributed by atoms with Gasteiger partial charge >= 0.3 is 0 Å². The first kappa shape index (κ1) is 17.4. The zero-order valence-electron chi connectivity index (χ0n) is 15.7. The summed E-state index contributed by atoms with van der Waals surface area (Å²) < 4.78 is 2.24. The predicted octanol–water partition coefficient (Wildman–Crippen LogP) is 5.28. The molecule has 0 amide bonds. The Morgan fingerprint density at radius 3 is 2.21 bits per heavy atom. The molecule has 3 aromatic carbocycles. The minimum atomic E-state index is 0.0994. The van der Waals surface area contributed by atoms with E-state index in [0.717, 1.165) is 38.7 Å². The number of allylic oxidation sites excluding steroid dienone is 1. The van der Waals surface area contributed by atoms with Gasteiger partial charge in [0.15, 0.2) is 0 Å². The van der Waals surface area contributed by atoms with Gasteiger partial charge in [0.2, 0.25) is 0 Å². The summed E-state index contributed by atoms with van der Waals surface area (Å²) in [5, 5.41) is 20.3. The lowest BCUT2D eigenvalue weighted by Crippen LogP contribution is -2.08. The van der Waals surface area contributed by atoms with Crippen LogP contribution in [0.25, 0.3) is 33.6 Å². The van der Waals surface area contributed by atoms with Crippen LogP contribution in [0.15, 0.2) is 72.3 Å². The van der Waals surface area contributed by atoms with E-state index in [9.17, 15) is 0 Å². The quantitative estimate of drug-likeness (QED) is 0.466. The number of anilines is 1. The van der Waals surface area contributed by atoms with Crippen LogP contribution >= 0.6 is 0 Å². The molecule has 0 saturated heterocycles. The van der Waals surface area contributed by atoms with Crippen molar-refractivity contribution in [3.05, 3.63) is 77.9 Å². The molecule has 134 valence electrons. The lowest BCUT2D eigenvalue weighted by Gasteiger charge is -2.14. The lowest BCUT2D eigenvalue weighted by atomic mass is 10.1. The Kier molecular flexibility index (Phi) is 4.32. The number of hydrogen-bond acceptors (Lipinski definition) is 3. The van der Waals surface area contributed by atoms with Crippen molar-refractivity contribution in [2.45, 2.75) is 0 Å². The Morgan fingerprint density at radius 1 is 0.857 bits per heavy atom. The van der Waals surface area contributed by atoms with Gasteiger partial charge in [-0.1, -0.05) is 24.3 Å². The van der Waals surface area contributed by atoms with Gasteiger partial charge in [0.25, 0.3) is 0 Å². The molecule has 1 aromatic heterocycles. The van der Waals surface area contributed by atoms with Crippen molar-refractivity contribution >= 4 is 33.6 Å². The number of hydrogen-bond donors (Lipinski definition) is 0. The number of benzene rings is 3. The van der Waals surface area contributed by atoms with E-state index in [0.29, 0.717) is 0 Å². The minimum Gasteiger partial charge on any atom is -0.378 e. The van der Waals surface area contributed by atoms with E-state index in [2.05, 4.69) is 45.9 Å². The summed E-state index contributed by atoms with van der Waals surface area (Å²) >= 11 is 0. The Bertz CT molecular complexity index is 1280. The van der Waals surface area contributed by atoms with Crippen molar-refractivity contribution in [2.75, 3.05) is 19.0 Å². The summed E-state index contributed by atoms with van der Waals surface area (Å²) in [6.45, 7) is 0. The smallest absolute Gasteiger partial charge is 0.130 e. The second-order valence-corrected chi connectivity index (χ2v) is 6.82. The largest absolute Gasteiger partial charge is 0.378 e. The highest BCUT2D eigenvalue weighted by Crippen LogP contribution is 2.33. The van der Waals surface area contributed by atoms with Gasteiger partial charge in [-0.2, -0.15) is 10.5 Å². The van der Waals surface area contributed by atoms with E-state index in [1.165, 1.54) is 0 Å². The fourth-order valence-electron chi connectivity index (χ4n) is 3.51. The Labute approximate surface area is 163 Å². The number of aromatic nitrogens is 1. The van der Waals surface area contributed by atoms with Gasteiger partial charge in [-0.05, 0) is 54.1 Å². The van der Waals surface area contributed by atoms with Gasteiger partial charge < -0.3 is 9.47 Å². The van der Waals surface area contributed by atoms with Gasteiger partial charge in [0.05, 0.1) is 11.0 Å². The SMILES string of the molecule is CN(C)c1ccc(-n2c3ccccc3c3cc(C=C(C#N)C#N)ccc32)cc1. The third kappa shape index (κ3) is 2.88. The van der Waals surface area contributed by atoms with E-state index < -0.39 is 0 Å². The van der Waals surface area contributed by atoms with E-state index in [4.69, 9.17) is 10.5 Å². The summed E-state index contributed by atoms with van der Waals surface area (Å²) in [5.41, 5.74) is 5.40. The summed E-state index contributed by atoms with van der Waals surface area (Å²) in [7, 11) is 4.06. The van der Waals surface area contributed by atoms with Crippen LogP contribution in [0, 0.1) is 22.7 Å². The van der Waals surface area contributed by atoms with E-state index in [1.54, 1.807) is 6.08 Å². The number of rotatable bonds is 3. The molecule has 0 unspecified atom stereocenters. The van der Waals surface area contributed by atoms with Crippen molar-refractivity contribution < 1.29 is 0 Å². The van der Waals surface area contributed by atoms with Gasteiger partial charge in [0, 0.05) is 36.2 Å². The maximum absolute atomic E-state index is 9.04. The topological polar surface area (TPSA) is 55.8 Å². The highest BCUT2D eigenvalue weighted by atomic mass is 15.1. The van der Waals surface area contributed by atoms with E-state index >= 15 is 0 Å². The van der Waals surface area contributed by atoms with Gasteiger partial charge in [-0.3, -0.25) is 0 Å². The van der Waals surface area contributed by atoms with Crippen LogP contribution in [-0.4, -0.2) is 18.7 Å². The molecule has 4 rings (SSSR count). The first-order valence-corrected chi connectivity index (χ1v) is 8.95. The third-order valence-electron chi connectivity index (χ3n) is 4.87. The van der Waals surface area contributed by atoms with Crippen LogP contribution in [0.5, 0.6) is 0 Å². The van der Waals surface area contributed by atoms with Crippen LogP contribution in [0.3, 0.4) is 0 Å². The molecule has 0 aliphatic rings. The minimum absolute atomic E-state index is 0.0994. The molecule has 0 aliphatic heterocycles. The van der Waals surface area contributed by atoms with Crippen molar-refractivity contribution in [1.82, 2.24) is 4.57 Å². The molecule has 0 N–H and O–H groups in total. The van der Waals surface area contributed by atoms with Crippen molar-refractivity contribution in [3.63, 3.8) is 0 Å². The van der Waals surface area contributed by atoms with Crippen LogP contribution in [-0.2, 0) is 0 Å². The normalized spacial score (nSPS) is 10.4. The average Bonchev–Trinajstić information content (AvgIpc) is 3.06. The molecule has 4 nitrogen and oxygen atoms in total. The number of nitrogens with zero attached hydrogens (tertiary/aromatic N) is 4. The van der Waals surface area contributed by atoms with Gasteiger partial charge in [-0.25, -0.2) is 0 Å². The van der Waals surface area contributed by atoms with Gasteiger partial charge in [0.1, 0.15) is 17.7 Å². The molecule has 0 atom stereocenters. The zero-order valence-corrected chi connectivity index (χ0v) is 15.7. The molecule has 4 aromatic rings. The molecular weight excluding hydrogens is 344 g/mol. The molecule has 0 saturated carbocycles. The monoisotopic (exact) mass is 362 g/mol. The summed E-state index contributed by atoms with van der Waals surface area (Å²) in [6.07, 6.45) is 1.62. The highest BCUT2D eigenvalue weighted by molar-refractivity contribution is 6.09. The molecule has 0 radical (unpaired) electrons. The van der Waals surface area contributed by atoms with Crippen molar-refractivity contribution in [2.24, 2.45) is 0 Å². The lowest BCUT2D eigenvalue weighted by molar-refractivity contribution is 1.12.